The number of aliphatic imine (C=N–C) groups is 1. The molecule has 120 valence electrons. The highest BCUT2D eigenvalue weighted by molar-refractivity contribution is 9.11. The van der Waals surface area contributed by atoms with Gasteiger partial charge in [0.05, 0.1) is 4.47 Å². The number of aromatic hydroxyl groups is 2. The molecule has 2 aromatic carbocycles. The number of halogens is 2. The second-order valence-corrected chi connectivity index (χ2v) is 6.21. The Morgan fingerprint density at radius 2 is 1.87 bits per heavy atom. The third-order valence-electron chi connectivity index (χ3n) is 3.07. The Labute approximate surface area is 149 Å². The Hall–Kier alpha value is -1.90. The van der Waals surface area contributed by atoms with E-state index >= 15 is 0 Å². The van der Waals surface area contributed by atoms with E-state index in [2.05, 4.69) is 42.3 Å². The van der Waals surface area contributed by atoms with Gasteiger partial charge in [0.1, 0.15) is 16.0 Å². The van der Waals surface area contributed by atoms with Crippen LogP contribution in [0.25, 0.3) is 0 Å². The number of phenolic OH excluding ortho intramolecular Hbond substituents is 2. The summed E-state index contributed by atoms with van der Waals surface area (Å²) in [5.41, 5.74) is 3.05. The van der Waals surface area contributed by atoms with Gasteiger partial charge in [-0.25, -0.2) is 5.84 Å². The van der Waals surface area contributed by atoms with Crippen molar-refractivity contribution in [1.29, 1.82) is 0 Å². The Kier molecular flexibility index (Phi) is 5.75. The number of benzene rings is 2. The highest BCUT2D eigenvalue weighted by Crippen LogP contribution is 2.40. The lowest BCUT2D eigenvalue weighted by Gasteiger charge is -2.11. The van der Waals surface area contributed by atoms with Gasteiger partial charge < -0.3 is 10.2 Å². The molecule has 0 aromatic heterocycles. The molecular formula is C15H13Br2N3O3. The van der Waals surface area contributed by atoms with Gasteiger partial charge in [-0.1, -0.05) is 30.3 Å². The van der Waals surface area contributed by atoms with Crippen molar-refractivity contribution in [3.8, 4) is 11.5 Å². The minimum atomic E-state index is -0.855. The van der Waals surface area contributed by atoms with Crippen molar-refractivity contribution in [2.75, 3.05) is 0 Å². The smallest absolute Gasteiger partial charge is 0.263 e. The molecule has 0 spiro atoms. The van der Waals surface area contributed by atoms with Crippen LogP contribution in [0.4, 0.5) is 0 Å². The van der Waals surface area contributed by atoms with Gasteiger partial charge in [-0.15, -0.1) is 0 Å². The second-order valence-electron chi connectivity index (χ2n) is 4.56. The third-order valence-corrected chi connectivity index (χ3v) is 4.42. The van der Waals surface area contributed by atoms with E-state index in [1.165, 1.54) is 12.3 Å². The van der Waals surface area contributed by atoms with Crippen LogP contribution in [0.3, 0.4) is 0 Å². The topological polar surface area (TPSA) is 108 Å². The van der Waals surface area contributed by atoms with Crippen molar-refractivity contribution < 1.29 is 15.0 Å². The van der Waals surface area contributed by atoms with Gasteiger partial charge in [-0.2, -0.15) is 0 Å². The maximum atomic E-state index is 11.9. The molecule has 0 radical (unpaired) electrons. The molecule has 8 heteroatoms. The molecule has 5 N–H and O–H groups in total. The van der Waals surface area contributed by atoms with Crippen molar-refractivity contribution in [3.05, 3.63) is 56.5 Å². The monoisotopic (exact) mass is 441 g/mol. The van der Waals surface area contributed by atoms with Crippen molar-refractivity contribution >= 4 is 44.0 Å². The fraction of sp³-hybridized carbons (Fsp3) is 0.0667. The van der Waals surface area contributed by atoms with Crippen LogP contribution in [0, 0.1) is 0 Å². The average molecular weight is 443 g/mol. The van der Waals surface area contributed by atoms with Crippen LogP contribution >= 0.6 is 31.9 Å². The molecular weight excluding hydrogens is 430 g/mol. The third kappa shape index (κ3) is 3.90. The molecule has 23 heavy (non-hydrogen) atoms. The van der Waals surface area contributed by atoms with E-state index in [-0.39, 0.29) is 16.0 Å². The Balaban J connectivity index is 2.41. The summed E-state index contributed by atoms with van der Waals surface area (Å²) in [4.78, 5) is 16.1. The van der Waals surface area contributed by atoms with Crippen LogP contribution in [0.15, 0.2) is 50.3 Å². The molecule has 1 atom stereocenters. The molecule has 0 saturated carbocycles. The molecule has 0 aliphatic rings. The number of hydrogen-bond acceptors (Lipinski definition) is 5. The lowest BCUT2D eigenvalue weighted by molar-refractivity contribution is -0.122. The molecule has 1 unspecified atom stereocenters. The van der Waals surface area contributed by atoms with Gasteiger partial charge >= 0.3 is 0 Å². The molecule has 0 fully saturated rings. The van der Waals surface area contributed by atoms with Crippen LogP contribution < -0.4 is 11.3 Å². The van der Waals surface area contributed by atoms with Crippen molar-refractivity contribution in [2.24, 2.45) is 10.8 Å². The Morgan fingerprint density at radius 3 is 2.48 bits per heavy atom. The van der Waals surface area contributed by atoms with E-state index in [0.29, 0.717) is 15.6 Å². The molecule has 0 aliphatic heterocycles. The maximum absolute atomic E-state index is 11.9. The first-order valence-corrected chi connectivity index (χ1v) is 8.02. The number of rotatable bonds is 4. The number of carbonyl (C=O) groups is 1. The van der Waals surface area contributed by atoms with Gasteiger partial charge in [0.2, 0.25) is 0 Å². The van der Waals surface area contributed by atoms with E-state index in [1.54, 1.807) is 24.3 Å². The van der Waals surface area contributed by atoms with Gasteiger partial charge in [0.15, 0.2) is 6.04 Å². The average Bonchev–Trinajstić information content (AvgIpc) is 2.58. The summed E-state index contributed by atoms with van der Waals surface area (Å²) in [5.74, 6) is 4.41. The molecule has 2 rings (SSSR count). The zero-order valence-corrected chi connectivity index (χ0v) is 14.9. The van der Waals surface area contributed by atoms with Crippen molar-refractivity contribution in [2.45, 2.75) is 6.04 Å². The zero-order valence-electron chi connectivity index (χ0n) is 11.7. The van der Waals surface area contributed by atoms with Gasteiger partial charge in [-0.05, 0) is 43.5 Å². The number of amides is 1. The highest BCUT2D eigenvalue weighted by atomic mass is 79.9. The van der Waals surface area contributed by atoms with E-state index in [4.69, 9.17) is 5.84 Å². The van der Waals surface area contributed by atoms with Crippen LogP contribution in [0.5, 0.6) is 11.5 Å². The van der Waals surface area contributed by atoms with Crippen molar-refractivity contribution in [3.63, 3.8) is 0 Å². The van der Waals surface area contributed by atoms with E-state index in [0.717, 1.165) is 0 Å². The minimum absolute atomic E-state index is 0.126. The van der Waals surface area contributed by atoms with E-state index in [9.17, 15) is 15.0 Å². The molecule has 0 saturated heterocycles. The minimum Gasteiger partial charge on any atom is -0.506 e. The number of hydrogen-bond donors (Lipinski definition) is 4. The van der Waals surface area contributed by atoms with Crippen LogP contribution in [0.1, 0.15) is 17.2 Å². The first-order chi connectivity index (χ1) is 11.0. The quantitative estimate of drug-likeness (QED) is 0.252. The summed E-state index contributed by atoms with van der Waals surface area (Å²) in [6.07, 6.45) is 1.34. The zero-order chi connectivity index (χ0) is 17.0. The fourth-order valence-corrected chi connectivity index (χ4v) is 3.04. The molecule has 0 bridgehead atoms. The summed E-state index contributed by atoms with van der Waals surface area (Å²) >= 11 is 6.26. The number of hydrazine groups is 1. The Morgan fingerprint density at radius 1 is 1.22 bits per heavy atom. The predicted octanol–water partition coefficient (Wildman–Crippen LogP) is 2.77. The fourth-order valence-electron chi connectivity index (χ4n) is 1.89. The van der Waals surface area contributed by atoms with Crippen LogP contribution in [0.2, 0.25) is 0 Å². The molecule has 2 aromatic rings. The maximum Gasteiger partial charge on any atom is 0.263 e. The first-order valence-electron chi connectivity index (χ1n) is 6.44. The Bertz CT molecular complexity index is 751. The number of nitrogens with zero attached hydrogens (tertiary/aromatic N) is 1. The van der Waals surface area contributed by atoms with Gasteiger partial charge in [0, 0.05) is 11.8 Å². The SMILES string of the molecule is NNC(=O)C(N=Cc1cc(Br)c(O)c(Br)c1O)c1ccccc1. The summed E-state index contributed by atoms with van der Waals surface area (Å²) in [5, 5.41) is 19.8. The predicted molar refractivity (Wildman–Crippen MR) is 94.3 cm³/mol. The van der Waals surface area contributed by atoms with Gasteiger partial charge in [-0.3, -0.25) is 15.2 Å². The first kappa shape index (κ1) is 17.5. The molecule has 1 amide bonds. The summed E-state index contributed by atoms with van der Waals surface area (Å²) in [7, 11) is 0. The van der Waals surface area contributed by atoms with E-state index < -0.39 is 11.9 Å². The standard InChI is InChI=1S/C15H13Br2N3O3/c16-10-6-9(13(21)11(17)14(10)22)7-19-12(15(23)20-18)8-4-2-1-3-5-8/h1-7,12,21-22H,18H2,(H,20,23). The lowest BCUT2D eigenvalue weighted by atomic mass is 10.1. The summed E-state index contributed by atoms with van der Waals surface area (Å²) in [6, 6.07) is 9.53. The second kappa shape index (κ2) is 7.58. The molecule has 0 aliphatic carbocycles. The summed E-state index contributed by atoms with van der Waals surface area (Å²) < 4.78 is 0.510. The molecule has 6 nitrogen and oxygen atoms in total. The van der Waals surface area contributed by atoms with Crippen LogP contribution in [-0.4, -0.2) is 22.3 Å². The number of carbonyl (C=O) groups excluding carboxylic acids is 1. The number of nitrogens with two attached hydrogens (primary N) is 1. The van der Waals surface area contributed by atoms with Crippen molar-refractivity contribution in [1.82, 2.24) is 5.43 Å². The number of phenols is 2. The van der Waals surface area contributed by atoms with E-state index in [1.807, 2.05) is 6.07 Å². The highest BCUT2D eigenvalue weighted by Gasteiger charge is 2.19. The lowest BCUT2D eigenvalue weighted by Crippen LogP contribution is -2.34. The van der Waals surface area contributed by atoms with Gasteiger partial charge in [0.25, 0.3) is 5.91 Å². The summed E-state index contributed by atoms with van der Waals surface area (Å²) in [6.45, 7) is 0. The van der Waals surface area contributed by atoms with Crippen LogP contribution in [-0.2, 0) is 4.79 Å². The molecule has 0 heterocycles. The number of nitrogens with one attached hydrogen (secondary N) is 1. The largest absolute Gasteiger partial charge is 0.506 e. The normalized spacial score (nSPS) is 12.3.